The zero-order valence-electron chi connectivity index (χ0n) is 21.2. The van der Waals surface area contributed by atoms with Gasteiger partial charge in [-0.1, -0.05) is 60.7 Å². The molecule has 2 heterocycles. The molecule has 12 heteroatoms. The predicted molar refractivity (Wildman–Crippen MR) is 131 cm³/mol. The van der Waals surface area contributed by atoms with E-state index in [1.165, 1.54) is 23.1 Å². The first-order valence-electron chi connectivity index (χ1n) is 12.4. The molecular formula is C27H29F3N2O7. The summed E-state index contributed by atoms with van der Waals surface area (Å²) in [6, 6.07) is 14.3. The van der Waals surface area contributed by atoms with Crippen molar-refractivity contribution in [1.82, 2.24) is 9.80 Å². The van der Waals surface area contributed by atoms with Crippen LogP contribution in [0.25, 0.3) is 0 Å². The van der Waals surface area contributed by atoms with E-state index >= 15 is 0 Å². The molecule has 210 valence electrons. The Hall–Kier alpha value is -3.80. The third kappa shape index (κ3) is 5.38. The molecule has 39 heavy (non-hydrogen) atoms. The van der Waals surface area contributed by atoms with Crippen molar-refractivity contribution < 1.29 is 46.9 Å². The van der Waals surface area contributed by atoms with E-state index in [1.54, 1.807) is 30.3 Å². The highest BCUT2D eigenvalue weighted by Crippen LogP contribution is 2.46. The van der Waals surface area contributed by atoms with Crippen molar-refractivity contribution in [1.29, 1.82) is 0 Å². The molecule has 0 spiro atoms. The average Bonchev–Trinajstić information content (AvgIpc) is 2.90. The fourth-order valence-electron chi connectivity index (χ4n) is 5.23. The van der Waals surface area contributed by atoms with E-state index in [4.69, 9.17) is 14.2 Å². The molecule has 0 bridgehead atoms. The van der Waals surface area contributed by atoms with Crippen molar-refractivity contribution in [2.45, 2.75) is 49.3 Å². The molecule has 2 amide bonds. The Bertz CT molecular complexity index is 1170. The number of rotatable bonds is 7. The molecule has 2 atom stereocenters. The second kappa shape index (κ2) is 11.1. The molecule has 0 radical (unpaired) electrons. The van der Waals surface area contributed by atoms with Crippen LogP contribution >= 0.6 is 0 Å². The van der Waals surface area contributed by atoms with Crippen LogP contribution in [-0.4, -0.2) is 77.6 Å². The van der Waals surface area contributed by atoms with Crippen molar-refractivity contribution in [3.63, 3.8) is 0 Å². The van der Waals surface area contributed by atoms with Gasteiger partial charge in [-0.25, -0.2) is 14.4 Å². The Morgan fingerprint density at radius 3 is 2.18 bits per heavy atom. The van der Waals surface area contributed by atoms with Gasteiger partial charge in [0, 0.05) is 19.2 Å². The minimum absolute atomic E-state index is 0.0392. The van der Waals surface area contributed by atoms with E-state index < -0.39 is 47.1 Å². The van der Waals surface area contributed by atoms with E-state index in [9.17, 15) is 32.7 Å². The van der Waals surface area contributed by atoms with E-state index in [2.05, 4.69) is 0 Å². The number of hydrogen-bond acceptors (Lipinski definition) is 6. The summed E-state index contributed by atoms with van der Waals surface area (Å²) in [6.07, 6.45) is -5.91. The smallest absolute Gasteiger partial charge is 0.432 e. The van der Waals surface area contributed by atoms with Crippen molar-refractivity contribution in [3.8, 4) is 0 Å². The maximum absolute atomic E-state index is 14.5. The number of likely N-dealkylation sites (tertiary alicyclic amines) is 2. The van der Waals surface area contributed by atoms with Gasteiger partial charge < -0.3 is 24.2 Å². The number of piperidine rings is 1. The first kappa shape index (κ1) is 28.2. The van der Waals surface area contributed by atoms with Crippen LogP contribution in [0.2, 0.25) is 0 Å². The first-order valence-corrected chi connectivity index (χ1v) is 12.4. The summed E-state index contributed by atoms with van der Waals surface area (Å²) in [5.74, 6) is -1.74. The largest absolute Gasteiger partial charge is 0.465 e. The Kier molecular flexibility index (Phi) is 8.05. The van der Waals surface area contributed by atoms with Crippen LogP contribution in [0, 0.1) is 0 Å². The van der Waals surface area contributed by atoms with E-state index in [0.29, 0.717) is 12.8 Å². The normalized spacial score (nSPS) is 20.4. The first-order chi connectivity index (χ1) is 18.5. The van der Waals surface area contributed by atoms with E-state index in [-0.39, 0.29) is 32.7 Å². The monoisotopic (exact) mass is 550 g/mol. The number of hydrogen-bond donors (Lipinski definition) is 1. The fraction of sp³-hybridized carbons (Fsp3) is 0.444. The number of carbonyl (C=O) groups excluding carboxylic acids is 2. The molecular weight excluding hydrogens is 521 g/mol. The zero-order chi connectivity index (χ0) is 28.3. The van der Waals surface area contributed by atoms with Gasteiger partial charge in [0.2, 0.25) is 0 Å². The number of carboxylic acid groups (broad SMARTS) is 1. The lowest BCUT2D eigenvalue weighted by atomic mass is 9.80. The summed E-state index contributed by atoms with van der Waals surface area (Å²) in [4.78, 5) is 40.5. The van der Waals surface area contributed by atoms with Gasteiger partial charge in [-0.05, 0) is 24.8 Å². The van der Waals surface area contributed by atoms with Crippen molar-refractivity contribution in [3.05, 3.63) is 71.8 Å². The molecule has 0 saturated carbocycles. The van der Waals surface area contributed by atoms with Crippen LogP contribution in [-0.2, 0) is 31.2 Å². The van der Waals surface area contributed by atoms with Crippen molar-refractivity contribution in [2.75, 3.05) is 26.7 Å². The van der Waals surface area contributed by atoms with Gasteiger partial charge >= 0.3 is 24.3 Å². The predicted octanol–water partition coefficient (Wildman–Crippen LogP) is 4.56. The van der Waals surface area contributed by atoms with Crippen LogP contribution in [0.1, 0.15) is 30.4 Å². The van der Waals surface area contributed by atoms with E-state index in [1.807, 2.05) is 0 Å². The van der Waals surface area contributed by atoms with Gasteiger partial charge in [-0.15, -0.1) is 0 Å². The van der Waals surface area contributed by atoms with Gasteiger partial charge in [-0.3, -0.25) is 4.90 Å². The Balaban J connectivity index is 1.62. The Morgan fingerprint density at radius 1 is 1.00 bits per heavy atom. The lowest BCUT2D eigenvalue weighted by Crippen LogP contribution is -2.75. The topological polar surface area (TPSA) is 106 Å². The number of ether oxygens (including phenoxy) is 3. The number of methoxy groups -OCH3 is 1. The second-order valence-corrected chi connectivity index (χ2v) is 9.59. The third-order valence-electron chi connectivity index (χ3n) is 7.21. The minimum Gasteiger partial charge on any atom is -0.465 e. The molecule has 2 aliphatic rings. The summed E-state index contributed by atoms with van der Waals surface area (Å²) in [5.41, 5.74) is -4.95. The van der Waals surface area contributed by atoms with Crippen LogP contribution in [0.3, 0.4) is 0 Å². The highest BCUT2D eigenvalue weighted by molar-refractivity contribution is 5.83. The summed E-state index contributed by atoms with van der Waals surface area (Å²) >= 11 is 0. The molecule has 2 aromatic rings. The molecule has 9 nitrogen and oxygen atoms in total. The molecule has 0 aliphatic carbocycles. The standard InChI is InChI=1S/C27H29F3N2O7/c1-37-26(27(28,29)30,20-12-6-3-7-13-20)22(33)39-25(21-14-8-9-15-32(21)23(34)35)17-31(18-25)24(36)38-16-19-10-4-2-5-11-19/h2-7,10-13,21H,8-9,14-18H2,1H3,(H,34,35)/t21?,26-/m1/s1. The third-order valence-corrected chi connectivity index (χ3v) is 7.21. The minimum atomic E-state index is -5.21. The number of amides is 2. The quantitative estimate of drug-likeness (QED) is 0.504. The van der Waals surface area contributed by atoms with Gasteiger partial charge in [0.15, 0.2) is 5.60 Å². The van der Waals surface area contributed by atoms with Crippen molar-refractivity contribution >= 4 is 18.2 Å². The Labute approximate surface area is 223 Å². The van der Waals surface area contributed by atoms with Crippen LogP contribution < -0.4 is 0 Å². The van der Waals surface area contributed by atoms with Crippen molar-refractivity contribution in [2.24, 2.45) is 0 Å². The molecule has 2 fully saturated rings. The number of carbonyl (C=O) groups is 3. The number of benzene rings is 2. The highest BCUT2D eigenvalue weighted by Gasteiger charge is 2.67. The van der Waals surface area contributed by atoms with Gasteiger partial charge in [0.05, 0.1) is 19.1 Å². The van der Waals surface area contributed by atoms with Gasteiger partial charge in [0.25, 0.3) is 5.60 Å². The summed E-state index contributed by atoms with van der Waals surface area (Å²) in [7, 11) is 0.757. The maximum atomic E-state index is 14.5. The molecule has 2 aliphatic heterocycles. The lowest BCUT2D eigenvalue weighted by molar-refractivity contribution is -0.287. The Morgan fingerprint density at radius 2 is 1.62 bits per heavy atom. The molecule has 1 N–H and O–H groups in total. The number of nitrogens with zero attached hydrogens (tertiary/aromatic N) is 2. The zero-order valence-corrected chi connectivity index (χ0v) is 21.2. The maximum Gasteiger partial charge on any atom is 0.432 e. The molecule has 1 unspecified atom stereocenters. The lowest BCUT2D eigenvalue weighted by Gasteiger charge is -2.55. The number of halogens is 3. The van der Waals surface area contributed by atoms with Crippen LogP contribution in [0.5, 0.6) is 0 Å². The number of alkyl halides is 3. The number of esters is 1. The summed E-state index contributed by atoms with van der Waals surface area (Å²) in [5, 5.41) is 9.80. The average molecular weight is 551 g/mol. The van der Waals surface area contributed by atoms with Crippen LogP contribution in [0.4, 0.5) is 22.8 Å². The summed E-state index contributed by atoms with van der Waals surface area (Å²) in [6.45, 7) is -0.603. The summed E-state index contributed by atoms with van der Waals surface area (Å²) < 4.78 is 59.3. The molecule has 2 saturated heterocycles. The fourth-order valence-corrected chi connectivity index (χ4v) is 5.23. The molecule has 0 aromatic heterocycles. The highest BCUT2D eigenvalue weighted by atomic mass is 19.4. The molecule has 4 rings (SSSR count). The van der Waals surface area contributed by atoms with Gasteiger partial charge in [0.1, 0.15) is 6.61 Å². The van der Waals surface area contributed by atoms with Crippen LogP contribution in [0.15, 0.2) is 60.7 Å². The second-order valence-electron chi connectivity index (χ2n) is 9.59. The van der Waals surface area contributed by atoms with Gasteiger partial charge in [-0.2, -0.15) is 13.2 Å². The SMILES string of the molecule is CO[C@@](C(=O)OC1(C2CCCCN2C(=O)O)CN(C(=O)OCc2ccccc2)C1)(c1ccccc1)C(F)(F)F. The molecule has 2 aromatic carbocycles. The van der Waals surface area contributed by atoms with E-state index in [0.717, 1.165) is 29.7 Å².